The van der Waals surface area contributed by atoms with Gasteiger partial charge in [-0.2, -0.15) is 5.10 Å². The largest absolute Gasteiger partial charge is 0.369 e. The van der Waals surface area contributed by atoms with Crippen LogP contribution in [0.5, 0.6) is 0 Å². The van der Waals surface area contributed by atoms with E-state index in [-0.39, 0.29) is 5.92 Å². The van der Waals surface area contributed by atoms with Gasteiger partial charge in [0, 0.05) is 88.5 Å². The molecule has 3 aliphatic rings. The quantitative estimate of drug-likeness (QED) is 0.669. The van der Waals surface area contributed by atoms with E-state index in [9.17, 15) is 4.39 Å². The van der Waals surface area contributed by atoms with Gasteiger partial charge in [0.05, 0.1) is 11.2 Å². The van der Waals surface area contributed by atoms with E-state index in [2.05, 4.69) is 67.7 Å². The summed E-state index contributed by atoms with van der Waals surface area (Å²) in [5, 5.41) is 7.98. The highest BCUT2D eigenvalue weighted by atomic mass is 19.1. The molecule has 0 bridgehead atoms. The van der Waals surface area contributed by atoms with Crippen molar-refractivity contribution in [1.29, 1.82) is 0 Å². The minimum Gasteiger partial charge on any atom is -0.369 e. The Labute approximate surface area is 188 Å². The van der Waals surface area contributed by atoms with E-state index in [1.165, 1.54) is 22.5 Å². The van der Waals surface area contributed by atoms with Crippen LogP contribution in [-0.2, 0) is 0 Å². The number of halogens is 1. The molecule has 2 aromatic heterocycles. The highest BCUT2D eigenvalue weighted by molar-refractivity contribution is 5.80. The van der Waals surface area contributed by atoms with Gasteiger partial charge in [0.15, 0.2) is 0 Å². The van der Waals surface area contributed by atoms with Crippen molar-refractivity contribution in [3.05, 3.63) is 48.8 Å². The highest BCUT2D eigenvalue weighted by Crippen LogP contribution is 2.35. The first kappa shape index (κ1) is 20.0. The first-order chi connectivity index (χ1) is 15.7. The van der Waals surface area contributed by atoms with Gasteiger partial charge in [-0.25, -0.2) is 8.91 Å². The minimum atomic E-state index is -0.557. The molecule has 4 heterocycles. The van der Waals surface area contributed by atoms with Crippen LogP contribution in [-0.4, -0.2) is 79.6 Å². The molecule has 1 unspecified atom stereocenters. The van der Waals surface area contributed by atoms with Gasteiger partial charge in [-0.15, -0.1) is 0 Å². The number of piperazine rings is 2. The number of benzene rings is 1. The molecule has 6 nitrogen and oxygen atoms in total. The number of nitrogens with one attached hydrogen (secondary N) is 1. The Kier molecular flexibility index (Phi) is 5.23. The normalized spacial score (nSPS) is 24.3. The van der Waals surface area contributed by atoms with Crippen molar-refractivity contribution in [2.75, 3.05) is 68.7 Å². The lowest BCUT2D eigenvalue weighted by molar-refractivity contribution is 0.238. The first-order valence-electron chi connectivity index (χ1n) is 11.9. The molecule has 6 rings (SSSR count). The molecular weight excluding hydrogens is 403 g/mol. The Morgan fingerprint density at radius 3 is 2.38 bits per heavy atom. The fraction of sp³-hybridized carbons (Fsp3) is 0.480. The molecule has 7 heteroatoms. The van der Waals surface area contributed by atoms with Crippen molar-refractivity contribution < 1.29 is 4.39 Å². The van der Waals surface area contributed by atoms with E-state index in [1.807, 2.05) is 10.7 Å². The Bertz CT molecular complexity index is 1070. The second-order valence-electron chi connectivity index (χ2n) is 9.36. The third-order valence-electron chi connectivity index (χ3n) is 7.21. The summed E-state index contributed by atoms with van der Waals surface area (Å²) in [7, 11) is 0. The number of aromatic nitrogens is 2. The maximum absolute atomic E-state index is 13.3. The zero-order chi connectivity index (χ0) is 21.5. The Morgan fingerprint density at radius 2 is 1.66 bits per heavy atom. The molecule has 1 saturated carbocycles. The second kappa shape index (κ2) is 8.37. The van der Waals surface area contributed by atoms with Gasteiger partial charge in [-0.1, -0.05) is 12.1 Å². The average molecular weight is 435 g/mol. The number of rotatable bonds is 5. The molecule has 1 N–H and O–H groups in total. The van der Waals surface area contributed by atoms with Crippen molar-refractivity contribution in [2.45, 2.75) is 12.6 Å². The Hall–Kier alpha value is -2.64. The maximum atomic E-state index is 13.3. The van der Waals surface area contributed by atoms with Crippen LogP contribution in [0.1, 0.15) is 6.42 Å². The molecule has 2 aliphatic heterocycles. The second-order valence-corrected chi connectivity index (χ2v) is 9.36. The van der Waals surface area contributed by atoms with Crippen LogP contribution >= 0.6 is 0 Å². The first-order valence-corrected chi connectivity index (χ1v) is 11.9. The smallest absolute Gasteiger partial charge is 0.105 e. The van der Waals surface area contributed by atoms with Crippen LogP contribution in [0.4, 0.5) is 15.8 Å². The molecular formula is C25H31FN6. The van der Waals surface area contributed by atoms with Crippen molar-refractivity contribution in [3.8, 4) is 11.1 Å². The van der Waals surface area contributed by atoms with Gasteiger partial charge in [-0.05, 0) is 36.2 Å². The predicted molar refractivity (Wildman–Crippen MR) is 127 cm³/mol. The summed E-state index contributed by atoms with van der Waals surface area (Å²) in [6.45, 7) is 9.08. The Morgan fingerprint density at radius 1 is 0.906 bits per heavy atom. The third-order valence-corrected chi connectivity index (χ3v) is 7.21. The summed E-state index contributed by atoms with van der Waals surface area (Å²) >= 11 is 0. The lowest BCUT2D eigenvalue weighted by atomic mass is 10.1. The maximum Gasteiger partial charge on any atom is 0.105 e. The van der Waals surface area contributed by atoms with Gasteiger partial charge in [0.25, 0.3) is 0 Å². The summed E-state index contributed by atoms with van der Waals surface area (Å²) in [6.07, 6.45) is 4.22. The summed E-state index contributed by atoms with van der Waals surface area (Å²) in [6, 6.07) is 13.3. The highest BCUT2D eigenvalue weighted by Gasteiger charge is 2.38. The predicted octanol–water partition coefficient (Wildman–Crippen LogP) is 2.89. The van der Waals surface area contributed by atoms with Crippen LogP contribution in [0.25, 0.3) is 16.6 Å². The zero-order valence-electron chi connectivity index (χ0n) is 18.5. The van der Waals surface area contributed by atoms with E-state index < -0.39 is 6.17 Å². The van der Waals surface area contributed by atoms with Crippen LogP contribution in [0.2, 0.25) is 0 Å². The Balaban J connectivity index is 1.19. The zero-order valence-corrected chi connectivity index (χ0v) is 18.5. The third kappa shape index (κ3) is 3.95. The number of fused-ring (bicyclic) bond motifs is 1. The average Bonchev–Trinajstić information content (AvgIpc) is 3.36. The molecule has 0 radical (unpaired) electrons. The van der Waals surface area contributed by atoms with Gasteiger partial charge >= 0.3 is 0 Å². The molecule has 2 atom stereocenters. The van der Waals surface area contributed by atoms with E-state index >= 15 is 0 Å². The lowest BCUT2D eigenvalue weighted by Crippen LogP contribution is -2.47. The van der Waals surface area contributed by atoms with Crippen LogP contribution in [0.3, 0.4) is 0 Å². The number of hydrogen-bond acceptors (Lipinski definition) is 5. The molecule has 1 aromatic carbocycles. The molecule has 1 aliphatic carbocycles. The molecule has 0 spiro atoms. The molecule has 2 saturated heterocycles. The number of anilines is 2. The monoisotopic (exact) mass is 434 g/mol. The minimum absolute atomic E-state index is 0.278. The number of alkyl halides is 1. The molecule has 3 aromatic rings. The molecule has 3 fully saturated rings. The summed E-state index contributed by atoms with van der Waals surface area (Å²) in [5.74, 6) is 0.278. The van der Waals surface area contributed by atoms with E-state index in [0.717, 1.165) is 70.8 Å². The molecule has 0 amide bonds. The fourth-order valence-corrected chi connectivity index (χ4v) is 5.12. The molecule has 168 valence electrons. The van der Waals surface area contributed by atoms with E-state index in [0.29, 0.717) is 0 Å². The van der Waals surface area contributed by atoms with E-state index in [1.54, 1.807) is 0 Å². The number of hydrogen-bond donors (Lipinski definition) is 1. The van der Waals surface area contributed by atoms with Crippen molar-refractivity contribution >= 4 is 16.9 Å². The van der Waals surface area contributed by atoms with Gasteiger partial charge in [0.1, 0.15) is 6.17 Å². The molecule has 32 heavy (non-hydrogen) atoms. The summed E-state index contributed by atoms with van der Waals surface area (Å²) in [5.41, 5.74) is 6.08. The van der Waals surface area contributed by atoms with Crippen molar-refractivity contribution in [1.82, 2.24) is 19.8 Å². The number of nitrogens with zero attached hydrogens (tertiary/aromatic N) is 5. The SMILES string of the molecule is F[C@H]1CC1CN1CCN(c2ccnn3cc(-c4ccc(N5CCNCC5)cc4)cc23)CC1. The van der Waals surface area contributed by atoms with Gasteiger partial charge in [-0.3, -0.25) is 4.90 Å². The van der Waals surface area contributed by atoms with Crippen molar-refractivity contribution in [3.63, 3.8) is 0 Å². The topological polar surface area (TPSA) is 39.1 Å². The van der Waals surface area contributed by atoms with E-state index in [4.69, 9.17) is 0 Å². The van der Waals surface area contributed by atoms with Crippen molar-refractivity contribution in [2.24, 2.45) is 5.92 Å². The fourth-order valence-electron chi connectivity index (χ4n) is 5.12. The standard InChI is InChI=1S/C25H31FN6/c26-23-15-21(23)17-29-11-13-31(14-12-29)24-5-6-28-32-18-20(16-25(24)32)19-1-3-22(4-2-19)30-9-7-27-8-10-30/h1-6,16,18,21,23,27H,7-15,17H2/t21?,23-/m0/s1. The van der Waals surface area contributed by atoms with Gasteiger partial charge < -0.3 is 15.1 Å². The van der Waals surface area contributed by atoms with Crippen LogP contribution in [0, 0.1) is 5.92 Å². The lowest BCUT2D eigenvalue weighted by Gasteiger charge is -2.36. The van der Waals surface area contributed by atoms with Gasteiger partial charge in [0.2, 0.25) is 0 Å². The van der Waals surface area contributed by atoms with Crippen LogP contribution < -0.4 is 15.1 Å². The van der Waals surface area contributed by atoms with Crippen LogP contribution in [0.15, 0.2) is 48.8 Å². The summed E-state index contributed by atoms with van der Waals surface area (Å²) in [4.78, 5) is 7.31. The summed E-state index contributed by atoms with van der Waals surface area (Å²) < 4.78 is 15.3.